The second kappa shape index (κ2) is 7.62. The van der Waals surface area contributed by atoms with E-state index in [0.717, 1.165) is 17.1 Å². The van der Waals surface area contributed by atoms with Crippen LogP contribution in [-0.2, 0) is 0 Å². The summed E-state index contributed by atoms with van der Waals surface area (Å²) < 4.78 is 0. The predicted molar refractivity (Wildman–Crippen MR) is 103 cm³/mol. The molecule has 0 saturated carbocycles. The zero-order valence-electron chi connectivity index (χ0n) is 14.5. The van der Waals surface area contributed by atoms with Crippen LogP contribution in [0.3, 0.4) is 0 Å². The minimum atomic E-state index is -0.0948. The van der Waals surface area contributed by atoms with E-state index in [4.69, 9.17) is 0 Å². The third kappa shape index (κ3) is 3.69. The topological polar surface area (TPSA) is 36.4 Å². The number of para-hydroxylation sites is 2. The van der Waals surface area contributed by atoms with E-state index in [9.17, 15) is 4.79 Å². The first-order valence-corrected chi connectivity index (χ1v) is 8.32. The second-order valence-corrected chi connectivity index (χ2v) is 5.68. The molecule has 1 heterocycles. The number of carbonyl (C=O) groups excluding carboxylic acids is 1. The summed E-state index contributed by atoms with van der Waals surface area (Å²) in [6, 6.07) is 23.4. The summed E-state index contributed by atoms with van der Waals surface area (Å²) in [6.07, 6.45) is 1.74. The van der Waals surface area contributed by atoms with E-state index in [-0.39, 0.29) is 5.91 Å². The van der Waals surface area contributed by atoms with E-state index in [1.807, 2.05) is 85.6 Å². The number of nitrogens with zero attached hydrogens (tertiary/aromatic N) is 3. The molecule has 126 valence electrons. The average molecular weight is 331 g/mol. The predicted octanol–water partition coefficient (Wildman–Crippen LogP) is 4.52. The molecule has 25 heavy (non-hydrogen) atoms. The quantitative estimate of drug-likeness (QED) is 0.690. The molecule has 3 rings (SSSR count). The number of aromatic nitrogens is 1. The molecule has 2 aromatic carbocycles. The molecule has 0 spiro atoms. The molecule has 0 aliphatic rings. The van der Waals surface area contributed by atoms with Gasteiger partial charge in [-0.1, -0.05) is 36.4 Å². The number of hydrogen-bond donors (Lipinski definition) is 0. The van der Waals surface area contributed by atoms with Crippen molar-refractivity contribution in [2.24, 2.45) is 0 Å². The minimum Gasteiger partial charge on any atom is -0.343 e. The van der Waals surface area contributed by atoms with E-state index in [0.29, 0.717) is 12.2 Å². The molecule has 0 aliphatic carbocycles. The Morgan fingerprint density at radius 2 is 1.44 bits per heavy atom. The molecular formula is C21H21N3O. The second-order valence-electron chi connectivity index (χ2n) is 5.68. The number of carbonyl (C=O) groups is 1. The van der Waals surface area contributed by atoms with Crippen LogP contribution in [0.15, 0.2) is 79.0 Å². The first kappa shape index (κ1) is 16.7. The van der Waals surface area contributed by atoms with Crippen molar-refractivity contribution in [3.05, 3.63) is 84.7 Å². The minimum absolute atomic E-state index is 0.0948. The highest BCUT2D eigenvalue weighted by molar-refractivity contribution is 6.04. The smallest absolute Gasteiger partial charge is 0.276 e. The van der Waals surface area contributed by atoms with E-state index in [1.54, 1.807) is 17.2 Å². The Morgan fingerprint density at radius 1 is 0.840 bits per heavy atom. The van der Waals surface area contributed by atoms with E-state index >= 15 is 0 Å². The lowest BCUT2D eigenvalue weighted by molar-refractivity contribution is 0.0983. The number of amides is 1. The van der Waals surface area contributed by atoms with Crippen LogP contribution in [0.5, 0.6) is 0 Å². The Balaban J connectivity index is 1.81. The summed E-state index contributed by atoms with van der Waals surface area (Å²) in [7, 11) is 1.98. The molecule has 4 nitrogen and oxygen atoms in total. The van der Waals surface area contributed by atoms with E-state index in [1.165, 1.54) is 0 Å². The van der Waals surface area contributed by atoms with Gasteiger partial charge in [-0.05, 0) is 43.3 Å². The van der Waals surface area contributed by atoms with Gasteiger partial charge in [0.25, 0.3) is 5.91 Å². The van der Waals surface area contributed by atoms with Crippen molar-refractivity contribution in [3.63, 3.8) is 0 Å². The van der Waals surface area contributed by atoms with Gasteiger partial charge >= 0.3 is 0 Å². The molecule has 0 radical (unpaired) electrons. The molecule has 1 amide bonds. The maximum atomic E-state index is 12.8. The fourth-order valence-corrected chi connectivity index (χ4v) is 2.70. The van der Waals surface area contributed by atoms with Gasteiger partial charge in [-0.2, -0.15) is 0 Å². The summed E-state index contributed by atoms with van der Waals surface area (Å²) in [4.78, 5) is 20.9. The molecule has 0 unspecified atom stereocenters. The molecule has 0 fully saturated rings. The van der Waals surface area contributed by atoms with Crippen LogP contribution in [0, 0.1) is 0 Å². The first-order chi connectivity index (χ1) is 12.2. The Bertz CT molecular complexity index is 817. The highest BCUT2D eigenvalue weighted by atomic mass is 16.2. The third-order valence-electron chi connectivity index (χ3n) is 4.13. The maximum Gasteiger partial charge on any atom is 0.276 e. The Kier molecular flexibility index (Phi) is 5.09. The summed E-state index contributed by atoms with van der Waals surface area (Å²) in [5.41, 5.74) is 3.33. The molecule has 0 saturated heterocycles. The monoisotopic (exact) mass is 331 g/mol. The van der Waals surface area contributed by atoms with Crippen LogP contribution in [0.1, 0.15) is 17.4 Å². The van der Waals surface area contributed by atoms with Gasteiger partial charge in [0.1, 0.15) is 5.69 Å². The van der Waals surface area contributed by atoms with Gasteiger partial charge in [0.05, 0.1) is 11.9 Å². The van der Waals surface area contributed by atoms with Crippen molar-refractivity contribution in [1.82, 2.24) is 4.98 Å². The van der Waals surface area contributed by atoms with Gasteiger partial charge in [-0.25, -0.2) is 4.98 Å². The summed E-state index contributed by atoms with van der Waals surface area (Å²) in [6.45, 7) is 2.55. The third-order valence-corrected chi connectivity index (χ3v) is 4.13. The number of rotatable bonds is 5. The highest BCUT2D eigenvalue weighted by Crippen LogP contribution is 2.23. The summed E-state index contributed by atoms with van der Waals surface area (Å²) in [5, 5.41) is 0. The Hall–Kier alpha value is -3.14. The SMILES string of the molecule is CCN(C(=O)c1ccc(N(C)c2ccccc2)cn1)c1ccccc1. The molecule has 4 heteroatoms. The van der Waals surface area contributed by atoms with Gasteiger partial charge in [-0.3, -0.25) is 4.79 Å². The summed E-state index contributed by atoms with van der Waals surface area (Å²) in [5.74, 6) is -0.0948. The van der Waals surface area contributed by atoms with Crippen LogP contribution in [0.25, 0.3) is 0 Å². The standard InChI is InChI=1S/C21H21N3O/c1-3-24(18-12-8-5-9-13-18)21(25)20-15-14-19(16-22-20)23(2)17-10-6-4-7-11-17/h4-16H,3H2,1-2H3. The fraction of sp³-hybridized carbons (Fsp3) is 0.143. The van der Waals surface area contributed by atoms with Crippen LogP contribution in [0.4, 0.5) is 17.1 Å². The van der Waals surface area contributed by atoms with Crippen LogP contribution in [0.2, 0.25) is 0 Å². The Labute approximate surface area is 148 Å². The molecule has 0 N–H and O–H groups in total. The molecule has 1 aromatic heterocycles. The largest absolute Gasteiger partial charge is 0.343 e. The van der Waals surface area contributed by atoms with Gasteiger partial charge in [0, 0.05) is 25.0 Å². The highest BCUT2D eigenvalue weighted by Gasteiger charge is 2.17. The molecule has 3 aromatic rings. The fourth-order valence-electron chi connectivity index (χ4n) is 2.70. The van der Waals surface area contributed by atoms with Crippen LogP contribution < -0.4 is 9.80 Å². The van der Waals surface area contributed by atoms with Crippen molar-refractivity contribution in [2.45, 2.75) is 6.92 Å². The Morgan fingerprint density at radius 3 is 1.96 bits per heavy atom. The normalized spacial score (nSPS) is 10.3. The van der Waals surface area contributed by atoms with Crippen molar-refractivity contribution in [2.75, 3.05) is 23.4 Å². The zero-order chi connectivity index (χ0) is 17.6. The van der Waals surface area contributed by atoms with Gasteiger partial charge < -0.3 is 9.80 Å². The van der Waals surface area contributed by atoms with Crippen molar-refractivity contribution >= 4 is 23.0 Å². The first-order valence-electron chi connectivity index (χ1n) is 8.32. The van der Waals surface area contributed by atoms with Crippen molar-refractivity contribution in [1.29, 1.82) is 0 Å². The summed E-state index contributed by atoms with van der Waals surface area (Å²) >= 11 is 0. The molecule has 0 aliphatic heterocycles. The van der Waals surface area contributed by atoms with Crippen molar-refractivity contribution in [3.8, 4) is 0 Å². The van der Waals surface area contributed by atoms with Gasteiger partial charge in [-0.15, -0.1) is 0 Å². The van der Waals surface area contributed by atoms with E-state index < -0.39 is 0 Å². The lowest BCUT2D eigenvalue weighted by Gasteiger charge is -2.22. The molecule has 0 bridgehead atoms. The van der Waals surface area contributed by atoms with Crippen LogP contribution in [-0.4, -0.2) is 24.5 Å². The number of benzene rings is 2. The van der Waals surface area contributed by atoms with Gasteiger partial charge in [0.2, 0.25) is 0 Å². The lowest BCUT2D eigenvalue weighted by Crippen LogP contribution is -2.31. The number of hydrogen-bond acceptors (Lipinski definition) is 3. The van der Waals surface area contributed by atoms with Crippen LogP contribution >= 0.6 is 0 Å². The lowest BCUT2D eigenvalue weighted by atomic mass is 10.2. The van der Waals surface area contributed by atoms with Crippen molar-refractivity contribution < 1.29 is 4.79 Å². The molecular weight excluding hydrogens is 310 g/mol. The number of pyridine rings is 1. The molecule has 0 atom stereocenters. The van der Waals surface area contributed by atoms with Gasteiger partial charge in [0.15, 0.2) is 0 Å². The average Bonchev–Trinajstić information content (AvgIpc) is 2.69. The maximum absolute atomic E-state index is 12.8. The van der Waals surface area contributed by atoms with E-state index in [2.05, 4.69) is 4.98 Å². The zero-order valence-corrected chi connectivity index (χ0v) is 14.5. The number of anilines is 3.